The van der Waals surface area contributed by atoms with Gasteiger partial charge in [-0.3, -0.25) is 19.2 Å². The number of hydrogen-bond acceptors (Lipinski definition) is 11. The molecule has 0 saturated heterocycles. The second kappa shape index (κ2) is 22.3. The van der Waals surface area contributed by atoms with Gasteiger partial charge in [0.15, 0.2) is 17.5 Å². The number of hydrogen-bond donors (Lipinski definition) is 6. The second-order valence-corrected chi connectivity index (χ2v) is 18.4. The van der Waals surface area contributed by atoms with Crippen LogP contribution in [0.2, 0.25) is 0 Å². The Morgan fingerprint density at radius 2 is 1.67 bits per heavy atom. The molecule has 66 heavy (non-hydrogen) atoms. The summed E-state index contributed by atoms with van der Waals surface area (Å²) in [6.07, 6.45) is 9.02. The van der Waals surface area contributed by atoms with Crippen molar-refractivity contribution >= 4 is 46.2 Å². The standard InChI is InChI=1S/C48H65F2N9O7/c1-7-48(6,17-19-65-20-21-66-28(4)16-18-51)47(64)57-39(27(2)3)45(61)54-29(5)44(60)55-34-14-8-30(9-15-34)25-59-26-36(35-22-33(49)23-53-43(35)59)41-52-24-37(50)42(58-41)56-40-32-12-10-31(11-13-32)38(40)46(62)63/h8-9,14-15,22-24,26-29,31-32,38-40H,7,10-13,16-21,25,51H2,1-6H3,(H,54,61)(H,55,60)(H,57,64)(H,62,63)(H,52,56,58)/t28?,29-,31?,32?,38-,39-,40-,48?/m0/s1. The molecule has 358 valence electrons. The maximum absolute atomic E-state index is 15.2. The highest BCUT2D eigenvalue weighted by Gasteiger charge is 2.47. The number of aliphatic carboxylic acids is 1. The van der Waals surface area contributed by atoms with Crippen LogP contribution in [0.25, 0.3) is 22.4 Å². The lowest BCUT2D eigenvalue weighted by Crippen LogP contribution is -2.56. The van der Waals surface area contributed by atoms with Gasteiger partial charge < -0.3 is 46.1 Å². The topological polar surface area (TPSA) is 225 Å². The van der Waals surface area contributed by atoms with Crippen LogP contribution in [0.1, 0.15) is 92.1 Å². The normalized spacial score (nSPS) is 20.3. The molecule has 0 aliphatic heterocycles. The van der Waals surface area contributed by atoms with Crippen molar-refractivity contribution in [2.75, 3.05) is 37.0 Å². The third-order valence-electron chi connectivity index (χ3n) is 13.4. The van der Waals surface area contributed by atoms with E-state index in [1.165, 1.54) is 6.07 Å². The number of amides is 3. The Balaban J connectivity index is 1.06. The van der Waals surface area contributed by atoms with Gasteiger partial charge in [0.25, 0.3) is 0 Å². The minimum Gasteiger partial charge on any atom is -0.481 e. The van der Waals surface area contributed by atoms with Crippen molar-refractivity contribution in [2.45, 2.75) is 117 Å². The number of benzene rings is 1. The third-order valence-corrected chi connectivity index (χ3v) is 13.4. The number of halogens is 2. The summed E-state index contributed by atoms with van der Waals surface area (Å²) < 4.78 is 43.1. The number of pyridine rings is 1. The zero-order chi connectivity index (χ0) is 47.7. The van der Waals surface area contributed by atoms with Crippen LogP contribution in [-0.2, 0) is 35.2 Å². The van der Waals surface area contributed by atoms with Crippen molar-refractivity contribution in [1.82, 2.24) is 30.2 Å². The molecular weight excluding hydrogens is 853 g/mol. The zero-order valence-corrected chi connectivity index (χ0v) is 38.7. The highest BCUT2D eigenvalue weighted by atomic mass is 19.1. The number of nitrogens with one attached hydrogen (secondary N) is 4. The molecule has 3 aromatic heterocycles. The van der Waals surface area contributed by atoms with Gasteiger partial charge in [-0.1, -0.05) is 39.8 Å². The molecule has 3 aliphatic carbocycles. The van der Waals surface area contributed by atoms with Crippen LogP contribution in [0.3, 0.4) is 0 Å². The van der Waals surface area contributed by atoms with E-state index in [-0.39, 0.29) is 48.0 Å². The molecule has 4 aromatic rings. The van der Waals surface area contributed by atoms with Gasteiger partial charge in [-0.25, -0.2) is 23.7 Å². The number of carboxylic acids is 1. The molecule has 3 aliphatic rings. The van der Waals surface area contributed by atoms with Gasteiger partial charge >= 0.3 is 5.97 Å². The Morgan fingerprint density at radius 3 is 2.33 bits per heavy atom. The first-order chi connectivity index (χ1) is 31.5. The number of carboxylic acid groups (broad SMARTS) is 1. The fraction of sp³-hybridized carbons (Fsp3) is 0.562. The van der Waals surface area contributed by atoms with E-state index >= 15 is 4.39 Å². The maximum atomic E-state index is 15.2. The van der Waals surface area contributed by atoms with Crippen molar-refractivity contribution in [3.8, 4) is 11.4 Å². The molecule has 3 fully saturated rings. The molecule has 2 bridgehead atoms. The maximum Gasteiger partial charge on any atom is 0.308 e. The summed E-state index contributed by atoms with van der Waals surface area (Å²) in [5.74, 6) is -4.24. The van der Waals surface area contributed by atoms with Crippen molar-refractivity contribution in [3.05, 3.63) is 66.1 Å². The molecule has 6 atom stereocenters. The quantitative estimate of drug-likeness (QED) is 0.0453. The number of nitrogens with zero attached hydrogens (tertiary/aromatic N) is 4. The van der Waals surface area contributed by atoms with Crippen molar-refractivity contribution in [1.29, 1.82) is 0 Å². The summed E-state index contributed by atoms with van der Waals surface area (Å²) in [4.78, 5) is 65.7. The van der Waals surface area contributed by atoms with Gasteiger partial charge in [0.2, 0.25) is 17.7 Å². The number of anilines is 2. The predicted octanol–water partition coefficient (Wildman–Crippen LogP) is 6.28. The van der Waals surface area contributed by atoms with Crippen LogP contribution in [0.5, 0.6) is 0 Å². The minimum atomic E-state index is -0.937. The smallest absolute Gasteiger partial charge is 0.308 e. The van der Waals surface area contributed by atoms with E-state index in [1.807, 2.05) is 34.6 Å². The zero-order valence-electron chi connectivity index (χ0n) is 38.7. The number of aromatic nitrogens is 4. The lowest BCUT2D eigenvalue weighted by atomic mass is 9.61. The fourth-order valence-corrected chi connectivity index (χ4v) is 9.05. The lowest BCUT2D eigenvalue weighted by molar-refractivity contribution is -0.148. The summed E-state index contributed by atoms with van der Waals surface area (Å²) in [6, 6.07) is 6.05. The molecule has 2 unspecified atom stereocenters. The summed E-state index contributed by atoms with van der Waals surface area (Å²) in [6.45, 7) is 12.9. The number of carbonyl (C=O) groups is 4. The number of ether oxygens (including phenoxy) is 2. The number of rotatable bonds is 23. The number of nitrogens with two attached hydrogens (primary N) is 1. The van der Waals surface area contributed by atoms with E-state index in [9.17, 15) is 28.7 Å². The Bertz CT molecular complexity index is 2320. The van der Waals surface area contributed by atoms with Gasteiger partial charge in [0, 0.05) is 47.4 Å². The molecule has 1 aromatic carbocycles. The van der Waals surface area contributed by atoms with E-state index in [2.05, 4.69) is 36.2 Å². The van der Waals surface area contributed by atoms with Crippen LogP contribution in [0.15, 0.2) is 48.9 Å². The molecule has 3 amide bonds. The molecular formula is C48H65F2N9O7. The number of fused-ring (bicyclic) bond motifs is 4. The predicted molar refractivity (Wildman–Crippen MR) is 246 cm³/mol. The average Bonchev–Trinajstić information content (AvgIpc) is 3.64. The van der Waals surface area contributed by atoms with Gasteiger partial charge in [-0.05, 0) is 107 Å². The first-order valence-electron chi connectivity index (χ1n) is 23.1. The third kappa shape index (κ3) is 12.0. The van der Waals surface area contributed by atoms with E-state index in [0.29, 0.717) is 61.5 Å². The van der Waals surface area contributed by atoms with E-state index in [1.54, 1.807) is 42.0 Å². The van der Waals surface area contributed by atoms with Gasteiger partial charge in [-0.15, -0.1) is 0 Å². The highest BCUT2D eigenvalue weighted by molar-refractivity contribution is 5.98. The monoisotopic (exact) mass is 917 g/mol. The molecule has 0 radical (unpaired) electrons. The van der Waals surface area contributed by atoms with Gasteiger partial charge in [0.05, 0.1) is 37.6 Å². The summed E-state index contributed by atoms with van der Waals surface area (Å²) in [5, 5.41) is 22.1. The van der Waals surface area contributed by atoms with Gasteiger partial charge in [0.1, 0.15) is 23.5 Å². The fourth-order valence-electron chi connectivity index (χ4n) is 9.05. The Labute approximate surface area is 384 Å². The average molecular weight is 918 g/mol. The van der Waals surface area contributed by atoms with Gasteiger partial charge in [-0.2, -0.15) is 0 Å². The summed E-state index contributed by atoms with van der Waals surface area (Å²) >= 11 is 0. The minimum absolute atomic E-state index is 0.0151. The van der Waals surface area contributed by atoms with E-state index < -0.39 is 58.9 Å². The van der Waals surface area contributed by atoms with Crippen LogP contribution in [0.4, 0.5) is 20.3 Å². The SMILES string of the molecule is CCC(C)(CCOCCOC(C)CCN)C(=O)N[C@H](C(=O)N[C@@H](C)C(=O)Nc1ccc(Cn2cc(-c3ncc(F)c(N[C@H]4C5CCC(CC5)[C@@H]4C(=O)O)n3)c3cc(F)cnc32)cc1)C(C)C. The first kappa shape index (κ1) is 49.8. The van der Waals surface area contributed by atoms with Crippen molar-refractivity contribution in [3.63, 3.8) is 0 Å². The number of carbonyl (C=O) groups excluding carboxylic acids is 3. The molecule has 3 saturated carbocycles. The Morgan fingerprint density at radius 1 is 0.955 bits per heavy atom. The molecule has 0 spiro atoms. The molecule has 3 heterocycles. The van der Waals surface area contributed by atoms with Crippen molar-refractivity contribution in [2.24, 2.45) is 34.8 Å². The lowest BCUT2D eigenvalue weighted by Gasteiger charge is -2.47. The molecule has 7 N–H and O–H groups in total. The van der Waals surface area contributed by atoms with Crippen LogP contribution in [-0.4, -0.2) is 98.9 Å². The Kier molecular flexibility index (Phi) is 16.8. The molecule has 18 heteroatoms. The largest absolute Gasteiger partial charge is 0.481 e. The van der Waals surface area contributed by atoms with Crippen LogP contribution < -0.4 is 27.0 Å². The summed E-state index contributed by atoms with van der Waals surface area (Å²) in [7, 11) is 0. The van der Waals surface area contributed by atoms with Crippen LogP contribution in [0, 0.1) is 40.7 Å². The van der Waals surface area contributed by atoms with E-state index in [0.717, 1.165) is 50.1 Å². The Hall–Kier alpha value is -5.59. The van der Waals surface area contributed by atoms with Crippen LogP contribution >= 0.6 is 0 Å². The van der Waals surface area contributed by atoms with E-state index in [4.69, 9.17) is 15.2 Å². The summed E-state index contributed by atoms with van der Waals surface area (Å²) in [5.41, 5.74) is 6.91. The molecule has 7 rings (SSSR count). The second-order valence-electron chi connectivity index (χ2n) is 18.4. The highest BCUT2D eigenvalue weighted by Crippen LogP contribution is 2.46. The molecule has 16 nitrogen and oxygen atoms in total. The van der Waals surface area contributed by atoms with Crippen molar-refractivity contribution < 1.29 is 42.5 Å². The first-order valence-corrected chi connectivity index (χ1v) is 23.1.